The maximum absolute atomic E-state index is 5.85. The molecule has 1 aromatic carbocycles. The molecule has 4 heteroatoms. The van der Waals surface area contributed by atoms with E-state index in [1.54, 1.807) is 18.4 Å². The van der Waals surface area contributed by atoms with Crippen LogP contribution in [0.1, 0.15) is 30.9 Å². The predicted octanol–water partition coefficient (Wildman–Crippen LogP) is 3.55. The average molecular weight is 249 g/mol. The molecule has 1 unspecified atom stereocenters. The minimum absolute atomic E-state index is 0.234. The van der Waals surface area contributed by atoms with Crippen LogP contribution in [0.2, 0.25) is 0 Å². The van der Waals surface area contributed by atoms with E-state index in [1.807, 2.05) is 11.6 Å². The second-order valence-electron chi connectivity index (χ2n) is 4.24. The van der Waals surface area contributed by atoms with E-state index in [9.17, 15) is 0 Å². The Hall–Kier alpha value is -1.13. The highest BCUT2D eigenvalue weighted by molar-refractivity contribution is 7.17. The molecule has 0 amide bonds. The van der Waals surface area contributed by atoms with Gasteiger partial charge in [-0.25, -0.2) is 4.98 Å². The largest absolute Gasteiger partial charge is 0.494 e. The van der Waals surface area contributed by atoms with Crippen LogP contribution < -0.4 is 4.74 Å². The van der Waals surface area contributed by atoms with Crippen LogP contribution in [0.5, 0.6) is 5.75 Å². The molecule has 0 radical (unpaired) electrons. The van der Waals surface area contributed by atoms with E-state index < -0.39 is 0 Å². The Labute approximate surface area is 104 Å². The van der Waals surface area contributed by atoms with Gasteiger partial charge in [0.1, 0.15) is 11.3 Å². The Bertz CT molecular complexity index is 517. The number of hydrogen-bond donors (Lipinski definition) is 0. The summed E-state index contributed by atoms with van der Waals surface area (Å²) in [7, 11) is 1.69. The van der Waals surface area contributed by atoms with Gasteiger partial charge in [-0.3, -0.25) is 0 Å². The number of nitrogens with zero attached hydrogens (tertiary/aromatic N) is 1. The van der Waals surface area contributed by atoms with Crippen molar-refractivity contribution in [2.45, 2.75) is 25.4 Å². The van der Waals surface area contributed by atoms with Gasteiger partial charge >= 0.3 is 0 Å². The molecule has 0 N–H and O–H groups in total. The summed E-state index contributed by atoms with van der Waals surface area (Å²) in [6.45, 7) is 0.872. The molecule has 1 fully saturated rings. The van der Waals surface area contributed by atoms with Gasteiger partial charge in [0, 0.05) is 12.2 Å². The first-order chi connectivity index (χ1) is 8.40. The Morgan fingerprint density at radius 2 is 2.35 bits per heavy atom. The van der Waals surface area contributed by atoms with E-state index in [0.717, 1.165) is 24.3 Å². The molecule has 1 atom stereocenters. The molecular weight excluding hydrogens is 234 g/mol. The third-order valence-electron chi connectivity index (χ3n) is 3.22. The van der Waals surface area contributed by atoms with Gasteiger partial charge in [-0.2, -0.15) is 0 Å². The molecule has 1 aliphatic heterocycles. The fourth-order valence-electron chi connectivity index (χ4n) is 2.35. The normalized spacial score (nSPS) is 20.6. The van der Waals surface area contributed by atoms with E-state index in [-0.39, 0.29) is 6.10 Å². The molecule has 3 nitrogen and oxygen atoms in total. The zero-order chi connectivity index (χ0) is 11.7. The number of benzene rings is 1. The van der Waals surface area contributed by atoms with Crippen LogP contribution in [0.15, 0.2) is 17.6 Å². The Kier molecular flexibility index (Phi) is 2.99. The van der Waals surface area contributed by atoms with E-state index in [1.165, 1.54) is 23.1 Å². The highest BCUT2D eigenvalue weighted by atomic mass is 32.1. The second-order valence-corrected chi connectivity index (χ2v) is 5.10. The lowest BCUT2D eigenvalue weighted by Crippen LogP contribution is -2.11. The van der Waals surface area contributed by atoms with Crippen molar-refractivity contribution in [2.75, 3.05) is 13.7 Å². The van der Waals surface area contributed by atoms with Crippen LogP contribution in [0.3, 0.4) is 0 Å². The van der Waals surface area contributed by atoms with Crippen LogP contribution >= 0.6 is 11.3 Å². The number of thiazole rings is 1. The third kappa shape index (κ3) is 1.91. The lowest BCUT2D eigenvalue weighted by atomic mass is 10.0. The summed E-state index contributed by atoms with van der Waals surface area (Å²) in [5.74, 6) is 0.848. The highest BCUT2D eigenvalue weighted by Gasteiger charge is 2.20. The molecule has 3 rings (SSSR count). The molecule has 1 saturated heterocycles. The molecule has 2 heterocycles. The first-order valence-electron chi connectivity index (χ1n) is 5.92. The second kappa shape index (κ2) is 4.63. The lowest BCUT2D eigenvalue weighted by molar-refractivity contribution is 0.0159. The number of fused-ring (bicyclic) bond motifs is 1. The van der Waals surface area contributed by atoms with Crippen molar-refractivity contribution in [3.05, 3.63) is 23.2 Å². The van der Waals surface area contributed by atoms with Crippen LogP contribution in [0.25, 0.3) is 10.2 Å². The van der Waals surface area contributed by atoms with Crippen molar-refractivity contribution in [1.29, 1.82) is 0 Å². The lowest BCUT2D eigenvalue weighted by Gasteiger charge is -2.23. The summed E-state index contributed by atoms with van der Waals surface area (Å²) >= 11 is 1.67. The summed E-state index contributed by atoms with van der Waals surface area (Å²) in [4.78, 5) is 4.38. The van der Waals surface area contributed by atoms with Crippen LogP contribution in [-0.4, -0.2) is 18.7 Å². The van der Waals surface area contributed by atoms with Gasteiger partial charge in [0.25, 0.3) is 0 Å². The molecule has 1 aromatic heterocycles. The van der Waals surface area contributed by atoms with Gasteiger partial charge in [-0.1, -0.05) is 6.07 Å². The maximum Gasteiger partial charge on any atom is 0.145 e. The summed E-state index contributed by atoms with van der Waals surface area (Å²) in [6.07, 6.45) is 3.77. The van der Waals surface area contributed by atoms with Crippen molar-refractivity contribution in [3.63, 3.8) is 0 Å². The van der Waals surface area contributed by atoms with Crippen molar-refractivity contribution in [1.82, 2.24) is 4.98 Å². The molecule has 17 heavy (non-hydrogen) atoms. The molecule has 0 spiro atoms. The van der Waals surface area contributed by atoms with E-state index in [2.05, 4.69) is 11.1 Å². The van der Waals surface area contributed by atoms with Crippen molar-refractivity contribution in [2.24, 2.45) is 0 Å². The first kappa shape index (κ1) is 11.0. The molecule has 0 aliphatic carbocycles. The maximum atomic E-state index is 5.85. The SMILES string of the molecule is COc1ccc(C2CCCCO2)c2scnc12. The van der Waals surface area contributed by atoms with Crippen molar-refractivity contribution >= 4 is 21.6 Å². The number of methoxy groups -OCH3 is 1. The molecule has 2 aromatic rings. The number of rotatable bonds is 2. The summed E-state index contributed by atoms with van der Waals surface area (Å²) < 4.78 is 12.4. The third-order valence-corrected chi connectivity index (χ3v) is 4.10. The van der Waals surface area contributed by atoms with Crippen molar-refractivity contribution < 1.29 is 9.47 Å². The van der Waals surface area contributed by atoms with Gasteiger partial charge < -0.3 is 9.47 Å². The smallest absolute Gasteiger partial charge is 0.145 e. The van der Waals surface area contributed by atoms with Gasteiger partial charge in [0.05, 0.1) is 23.4 Å². The van der Waals surface area contributed by atoms with E-state index in [4.69, 9.17) is 9.47 Å². The number of aromatic nitrogens is 1. The van der Waals surface area contributed by atoms with Crippen LogP contribution in [0, 0.1) is 0 Å². The van der Waals surface area contributed by atoms with E-state index in [0.29, 0.717) is 0 Å². The fourth-order valence-corrected chi connectivity index (χ4v) is 3.21. The zero-order valence-corrected chi connectivity index (χ0v) is 10.6. The number of hydrogen-bond acceptors (Lipinski definition) is 4. The average Bonchev–Trinajstić information content (AvgIpc) is 2.88. The van der Waals surface area contributed by atoms with Gasteiger partial charge in [0.15, 0.2) is 0 Å². The topological polar surface area (TPSA) is 31.4 Å². The van der Waals surface area contributed by atoms with Crippen molar-refractivity contribution in [3.8, 4) is 5.75 Å². The van der Waals surface area contributed by atoms with Crippen LogP contribution in [0.4, 0.5) is 0 Å². The Morgan fingerprint density at radius 3 is 3.12 bits per heavy atom. The first-order valence-corrected chi connectivity index (χ1v) is 6.80. The van der Waals surface area contributed by atoms with E-state index >= 15 is 0 Å². The van der Waals surface area contributed by atoms with Gasteiger partial charge in [0.2, 0.25) is 0 Å². The zero-order valence-electron chi connectivity index (χ0n) is 9.81. The number of ether oxygens (including phenoxy) is 2. The minimum atomic E-state index is 0.234. The minimum Gasteiger partial charge on any atom is -0.494 e. The summed E-state index contributed by atoms with van der Waals surface area (Å²) in [6, 6.07) is 4.12. The van der Waals surface area contributed by atoms with Crippen LogP contribution in [-0.2, 0) is 4.74 Å². The van der Waals surface area contributed by atoms with Gasteiger partial charge in [-0.05, 0) is 25.3 Å². The molecule has 90 valence electrons. The van der Waals surface area contributed by atoms with Gasteiger partial charge in [-0.15, -0.1) is 11.3 Å². The molecule has 0 bridgehead atoms. The molecular formula is C13H15NO2S. The molecule has 1 aliphatic rings. The highest BCUT2D eigenvalue weighted by Crippen LogP contribution is 2.37. The quantitative estimate of drug-likeness (QED) is 0.815. The summed E-state index contributed by atoms with van der Waals surface area (Å²) in [5, 5.41) is 0. The molecule has 0 saturated carbocycles. The Morgan fingerprint density at radius 1 is 1.41 bits per heavy atom. The standard InChI is InChI=1S/C13H15NO2S/c1-15-11-6-5-9(10-4-2-3-7-16-10)13-12(11)14-8-17-13/h5-6,8,10H,2-4,7H2,1H3. The predicted molar refractivity (Wildman–Crippen MR) is 68.7 cm³/mol. The monoisotopic (exact) mass is 249 g/mol. The Balaban J connectivity index is 2.07. The fraction of sp³-hybridized carbons (Fsp3) is 0.462. The summed E-state index contributed by atoms with van der Waals surface area (Å²) in [5.41, 5.74) is 4.10.